The third-order valence-electron chi connectivity index (χ3n) is 8.43. The van der Waals surface area contributed by atoms with Crippen molar-refractivity contribution in [1.29, 1.82) is 0 Å². The zero-order valence-corrected chi connectivity index (χ0v) is 35.3. The van der Waals surface area contributed by atoms with Crippen molar-refractivity contribution in [3.8, 4) is 16.9 Å². The molecule has 2 atom stereocenters. The maximum atomic E-state index is 13.5. The van der Waals surface area contributed by atoms with Gasteiger partial charge in [0.2, 0.25) is 17.7 Å². The minimum absolute atomic E-state index is 0.0454. The Morgan fingerprint density at radius 1 is 0.810 bits per heavy atom. The topological polar surface area (TPSA) is 336 Å². The zero-order valence-electron chi connectivity index (χ0n) is 35.3. The van der Waals surface area contributed by atoms with Crippen molar-refractivity contribution in [3.05, 3.63) is 63.0 Å². The number of anilines is 1. The van der Waals surface area contributed by atoms with E-state index in [1.807, 2.05) is 0 Å². The molecule has 0 saturated heterocycles. The fourth-order valence-corrected chi connectivity index (χ4v) is 5.35. The van der Waals surface area contributed by atoms with Gasteiger partial charge in [0.15, 0.2) is 0 Å². The lowest BCUT2D eigenvalue weighted by Gasteiger charge is -2.25. The molecule has 2 unspecified atom stereocenters. The highest BCUT2D eigenvalue weighted by molar-refractivity contribution is 5.98. The van der Waals surface area contributed by atoms with E-state index in [0.717, 1.165) is 18.2 Å². The van der Waals surface area contributed by atoms with E-state index in [9.17, 15) is 34.1 Å². The van der Waals surface area contributed by atoms with Gasteiger partial charge < -0.3 is 65.3 Å². The fourth-order valence-electron chi connectivity index (χ4n) is 5.35. The van der Waals surface area contributed by atoms with E-state index in [1.54, 1.807) is 13.8 Å². The number of nitro groups is 1. The summed E-state index contributed by atoms with van der Waals surface area (Å²) in [6, 6.07) is 6.46. The molecule has 24 heteroatoms. The number of rotatable bonds is 34. The van der Waals surface area contributed by atoms with Crippen LogP contribution in [-0.4, -0.2) is 144 Å². The van der Waals surface area contributed by atoms with Crippen LogP contribution in [0.1, 0.15) is 33.1 Å². The van der Waals surface area contributed by atoms with Crippen LogP contribution in [0.3, 0.4) is 0 Å². The average Bonchev–Trinajstić information content (AvgIpc) is 3.24. The SMILES string of the molecule is CC(C)C(NC(=O)CCOCCOCCOCCOCCOCCOCCN=[N+]=[N-])C(=O)NC(CCCNC(N)=O)C(=O)Nc1ccc(-c2cc([N+](=O)[O-])ccc2OC(=O)O)cc1. The number of carboxylic acid groups (broad SMARTS) is 1. The molecule has 63 heavy (non-hydrogen) atoms. The van der Waals surface area contributed by atoms with Gasteiger partial charge in [0.25, 0.3) is 5.69 Å². The first-order valence-corrected chi connectivity index (χ1v) is 20.0. The summed E-state index contributed by atoms with van der Waals surface area (Å²) < 4.78 is 37.2. The fraction of sp³-hybridized carbons (Fsp3) is 0.564. The van der Waals surface area contributed by atoms with E-state index in [2.05, 4.69) is 31.3 Å². The number of azide groups is 1. The Morgan fingerprint density at radius 3 is 1.87 bits per heavy atom. The van der Waals surface area contributed by atoms with Gasteiger partial charge in [-0.25, -0.2) is 9.59 Å². The van der Waals surface area contributed by atoms with Gasteiger partial charge in [0.05, 0.1) is 84.2 Å². The van der Waals surface area contributed by atoms with Crippen molar-refractivity contribution >= 4 is 41.3 Å². The Hall–Kier alpha value is -6.14. The predicted octanol–water partition coefficient (Wildman–Crippen LogP) is 3.13. The molecule has 348 valence electrons. The summed E-state index contributed by atoms with van der Waals surface area (Å²) in [6.07, 6.45) is -1.33. The van der Waals surface area contributed by atoms with Crippen LogP contribution in [0.2, 0.25) is 0 Å². The first-order chi connectivity index (χ1) is 30.3. The van der Waals surface area contributed by atoms with Crippen LogP contribution in [0.5, 0.6) is 5.75 Å². The summed E-state index contributed by atoms with van der Waals surface area (Å²) in [7, 11) is 0. The number of hydrogen-bond acceptors (Lipinski definition) is 15. The number of nitrogens with two attached hydrogens (primary N) is 1. The average molecular weight is 892 g/mol. The van der Waals surface area contributed by atoms with Crippen LogP contribution < -0.4 is 31.7 Å². The van der Waals surface area contributed by atoms with E-state index in [0.29, 0.717) is 65.0 Å². The second kappa shape index (κ2) is 31.7. The highest BCUT2D eigenvalue weighted by Crippen LogP contribution is 2.34. The second-order valence-corrected chi connectivity index (χ2v) is 13.5. The summed E-state index contributed by atoms with van der Waals surface area (Å²) in [4.78, 5) is 75.6. The van der Waals surface area contributed by atoms with Gasteiger partial charge in [-0.3, -0.25) is 24.5 Å². The number of nitrogens with one attached hydrogen (secondary N) is 4. The number of nitro benzene ring substituents is 1. The lowest BCUT2D eigenvalue weighted by molar-refractivity contribution is -0.384. The van der Waals surface area contributed by atoms with Crippen molar-refractivity contribution in [2.24, 2.45) is 16.8 Å². The minimum atomic E-state index is -1.61. The molecule has 24 nitrogen and oxygen atoms in total. The molecule has 2 rings (SSSR count). The van der Waals surface area contributed by atoms with E-state index in [1.165, 1.54) is 24.3 Å². The Labute approximate surface area is 363 Å². The molecule has 0 aliphatic rings. The summed E-state index contributed by atoms with van der Waals surface area (Å²) in [5.41, 5.74) is 13.8. The Balaban J connectivity index is 1.78. The summed E-state index contributed by atoms with van der Waals surface area (Å²) in [5, 5.41) is 34.4. The zero-order chi connectivity index (χ0) is 46.2. The van der Waals surface area contributed by atoms with Gasteiger partial charge in [0.1, 0.15) is 17.8 Å². The third-order valence-corrected chi connectivity index (χ3v) is 8.43. The molecule has 0 aliphatic heterocycles. The molecule has 0 fully saturated rings. The number of urea groups is 1. The van der Waals surface area contributed by atoms with Crippen LogP contribution >= 0.6 is 0 Å². The number of primary amides is 1. The predicted molar refractivity (Wildman–Crippen MR) is 225 cm³/mol. The Kier molecular flexibility index (Phi) is 26.6. The van der Waals surface area contributed by atoms with Crippen molar-refractivity contribution in [3.63, 3.8) is 0 Å². The van der Waals surface area contributed by atoms with Gasteiger partial charge in [-0.15, -0.1) is 0 Å². The maximum absolute atomic E-state index is 13.5. The lowest BCUT2D eigenvalue weighted by atomic mass is 10.0. The maximum Gasteiger partial charge on any atom is 0.511 e. The number of benzene rings is 2. The second-order valence-electron chi connectivity index (χ2n) is 13.5. The molecule has 2 aromatic rings. The number of ether oxygens (including phenoxy) is 7. The van der Waals surface area contributed by atoms with Crippen molar-refractivity contribution in [2.45, 2.75) is 45.2 Å². The molecular formula is C39H57N9O15. The number of non-ortho nitro benzene ring substituents is 1. The number of nitrogens with zero attached hydrogens (tertiary/aromatic N) is 4. The monoisotopic (exact) mass is 891 g/mol. The first-order valence-electron chi connectivity index (χ1n) is 20.0. The van der Waals surface area contributed by atoms with Crippen molar-refractivity contribution in [2.75, 3.05) is 97.7 Å². The first kappa shape index (κ1) is 53.0. The van der Waals surface area contributed by atoms with Crippen LogP contribution in [0.15, 0.2) is 47.6 Å². The van der Waals surface area contributed by atoms with E-state index >= 15 is 0 Å². The number of amides is 5. The van der Waals surface area contributed by atoms with Crippen LogP contribution in [0, 0.1) is 16.0 Å². The molecule has 0 aromatic heterocycles. The third kappa shape index (κ3) is 23.6. The number of carbonyl (C=O) groups is 5. The molecule has 5 amide bonds. The Morgan fingerprint density at radius 2 is 1.37 bits per heavy atom. The minimum Gasteiger partial charge on any atom is -0.449 e. The molecule has 2 aromatic carbocycles. The van der Waals surface area contributed by atoms with Crippen molar-refractivity contribution in [1.82, 2.24) is 16.0 Å². The van der Waals surface area contributed by atoms with Gasteiger partial charge in [0, 0.05) is 47.8 Å². The van der Waals surface area contributed by atoms with Gasteiger partial charge in [-0.05, 0) is 48.1 Å². The highest BCUT2D eigenvalue weighted by Gasteiger charge is 2.29. The smallest absolute Gasteiger partial charge is 0.449 e. The van der Waals surface area contributed by atoms with Gasteiger partial charge >= 0.3 is 12.2 Å². The molecule has 0 heterocycles. The molecule has 7 N–H and O–H groups in total. The molecule has 0 aliphatic carbocycles. The quantitative estimate of drug-likeness (QED) is 0.00859. The van der Waals surface area contributed by atoms with Crippen molar-refractivity contribution < 1.29 is 67.2 Å². The van der Waals surface area contributed by atoms with E-state index in [4.69, 9.17) is 49.5 Å². The summed E-state index contributed by atoms with van der Waals surface area (Å²) in [5.74, 6) is -2.21. The largest absolute Gasteiger partial charge is 0.511 e. The van der Waals surface area contributed by atoms with Crippen LogP contribution in [0.4, 0.5) is 21.0 Å². The van der Waals surface area contributed by atoms with E-state index in [-0.39, 0.29) is 80.8 Å². The number of hydrogen-bond donors (Lipinski definition) is 6. The van der Waals surface area contributed by atoms with Gasteiger partial charge in [-0.2, -0.15) is 0 Å². The van der Waals surface area contributed by atoms with Crippen LogP contribution in [-0.2, 0) is 42.8 Å². The molecular weight excluding hydrogens is 834 g/mol. The lowest BCUT2D eigenvalue weighted by Crippen LogP contribution is -2.54. The summed E-state index contributed by atoms with van der Waals surface area (Å²) in [6.45, 7) is 7.86. The Bertz CT molecular complexity index is 1780. The standard InChI is InChI=1S/C39H57N9O15/c1-27(2)35(46-34(49)11-14-57-16-18-59-20-22-61-24-25-62-23-21-60-19-17-58-15-13-43-47-41)37(51)45-32(4-3-12-42-38(40)52)36(50)44-29-7-5-28(6-8-29)31-26-30(48(55)56)9-10-33(31)63-39(53)54/h5-10,26-27,32,35H,3-4,11-25H2,1-2H3,(H,44,50)(H,45,51)(H,46,49)(H,53,54)(H3,40,42,52). The molecule has 0 saturated carbocycles. The number of carbonyl (C=O) groups excluding carboxylic acids is 4. The molecule has 0 radical (unpaired) electrons. The molecule has 0 bridgehead atoms. The molecule has 0 spiro atoms. The normalized spacial score (nSPS) is 11.8. The van der Waals surface area contributed by atoms with Crippen LogP contribution in [0.25, 0.3) is 21.6 Å². The highest BCUT2D eigenvalue weighted by atomic mass is 16.7. The van der Waals surface area contributed by atoms with E-state index < -0.39 is 46.9 Å². The summed E-state index contributed by atoms with van der Waals surface area (Å²) >= 11 is 0. The van der Waals surface area contributed by atoms with Gasteiger partial charge in [-0.1, -0.05) is 31.1 Å².